The smallest absolute Gasteiger partial charge is 0.295 e. The molecule has 0 spiro atoms. The minimum absolute atomic E-state index is 0.386. The van der Waals surface area contributed by atoms with Crippen molar-refractivity contribution in [1.82, 2.24) is 14.7 Å². The number of carbonyl (C=O) groups excluding carboxylic acids is 2. The number of piperidine rings is 1. The van der Waals surface area contributed by atoms with Gasteiger partial charge in [-0.15, -0.1) is 0 Å². The first-order chi connectivity index (χ1) is 9.31. The number of aryl methyl sites for hydroxylation is 2. The summed E-state index contributed by atoms with van der Waals surface area (Å²) in [5.41, 5.74) is 1.84. The summed E-state index contributed by atoms with van der Waals surface area (Å²) >= 11 is 0. The van der Waals surface area contributed by atoms with E-state index < -0.39 is 5.78 Å². The Bertz CT molecular complexity index is 538. The Kier molecular flexibility index (Phi) is 3.97. The summed E-state index contributed by atoms with van der Waals surface area (Å²) in [6.07, 6.45) is 1.11. The van der Waals surface area contributed by atoms with E-state index in [0.717, 1.165) is 12.1 Å². The van der Waals surface area contributed by atoms with Crippen LogP contribution in [-0.2, 0) is 11.8 Å². The van der Waals surface area contributed by atoms with E-state index in [0.29, 0.717) is 36.2 Å². The first kappa shape index (κ1) is 14.8. The molecule has 0 unspecified atom stereocenters. The van der Waals surface area contributed by atoms with Gasteiger partial charge in [0.05, 0.1) is 11.3 Å². The number of rotatable bonds is 2. The Hall–Kier alpha value is -1.65. The van der Waals surface area contributed by atoms with Gasteiger partial charge in [0.1, 0.15) is 0 Å². The molecular weight excluding hydrogens is 254 g/mol. The predicted molar refractivity (Wildman–Crippen MR) is 76.5 cm³/mol. The molecule has 1 aromatic rings. The quantitative estimate of drug-likeness (QED) is 0.611. The molecule has 110 valence electrons. The Morgan fingerprint density at radius 3 is 2.15 bits per heavy atom. The lowest BCUT2D eigenvalue weighted by molar-refractivity contribution is -0.129. The highest BCUT2D eigenvalue weighted by Gasteiger charge is 2.32. The molecule has 2 heterocycles. The maximum atomic E-state index is 12.5. The topological polar surface area (TPSA) is 55.2 Å². The largest absolute Gasteiger partial charge is 0.335 e. The molecular formula is C15H23N3O2. The van der Waals surface area contributed by atoms with E-state index in [4.69, 9.17) is 0 Å². The number of Topliss-reactive ketones (excluding diaryl/α,β-unsaturated/α-hetero) is 1. The molecule has 5 nitrogen and oxygen atoms in total. The summed E-state index contributed by atoms with van der Waals surface area (Å²) < 4.78 is 1.65. The molecule has 1 aromatic heterocycles. The minimum Gasteiger partial charge on any atom is -0.335 e. The van der Waals surface area contributed by atoms with Gasteiger partial charge in [-0.2, -0.15) is 5.10 Å². The lowest BCUT2D eigenvalue weighted by Crippen LogP contribution is -2.45. The summed E-state index contributed by atoms with van der Waals surface area (Å²) in [7, 11) is 1.79. The van der Waals surface area contributed by atoms with Gasteiger partial charge in [0.15, 0.2) is 0 Å². The number of hydrogen-bond acceptors (Lipinski definition) is 3. The number of likely N-dealkylation sites (tertiary alicyclic amines) is 1. The summed E-state index contributed by atoms with van der Waals surface area (Å²) in [4.78, 5) is 26.6. The van der Waals surface area contributed by atoms with E-state index in [1.807, 2.05) is 6.92 Å². The molecule has 0 radical (unpaired) electrons. The van der Waals surface area contributed by atoms with Crippen LogP contribution in [0.5, 0.6) is 0 Å². The molecule has 0 aliphatic carbocycles. The maximum Gasteiger partial charge on any atom is 0.295 e. The number of carbonyl (C=O) groups is 2. The van der Waals surface area contributed by atoms with Crippen molar-refractivity contribution < 1.29 is 9.59 Å². The van der Waals surface area contributed by atoms with E-state index in [1.165, 1.54) is 0 Å². The van der Waals surface area contributed by atoms with Crippen LogP contribution >= 0.6 is 0 Å². The van der Waals surface area contributed by atoms with Crippen molar-refractivity contribution in [3.8, 4) is 0 Å². The zero-order valence-corrected chi connectivity index (χ0v) is 12.9. The zero-order chi connectivity index (χ0) is 15.0. The van der Waals surface area contributed by atoms with E-state index in [9.17, 15) is 9.59 Å². The highest BCUT2D eigenvalue weighted by atomic mass is 16.2. The molecule has 0 N–H and O–H groups in total. The Labute approximate surface area is 119 Å². The second-order valence-corrected chi connectivity index (χ2v) is 6.15. The van der Waals surface area contributed by atoms with E-state index >= 15 is 0 Å². The highest BCUT2D eigenvalue weighted by molar-refractivity contribution is 6.43. The minimum atomic E-state index is -0.422. The van der Waals surface area contributed by atoms with Crippen LogP contribution < -0.4 is 0 Å². The third-order valence-electron chi connectivity index (χ3n) is 4.09. The van der Waals surface area contributed by atoms with Crippen molar-refractivity contribution in [3.05, 3.63) is 17.0 Å². The van der Waals surface area contributed by atoms with Gasteiger partial charge in [0.25, 0.3) is 11.7 Å². The summed E-state index contributed by atoms with van der Waals surface area (Å²) in [6.45, 7) is 9.19. The Morgan fingerprint density at radius 1 is 1.15 bits per heavy atom. The fourth-order valence-corrected chi connectivity index (χ4v) is 3.18. The van der Waals surface area contributed by atoms with E-state index in [2.05, 4.69) is 18.9 Å². The predicted octanol–water partition coefficient (Wildman–Crippen LogP) is 1.72. The van der Waals surface area contributed by atoms with Crippen molar-refractivity contribution >= 4 is 11.7 Å². The second kappa shape index (κ2) is 5.38. The van der Waals surface area contributed by atoms with Crippen LogP contribution in [0.3, 0.4) is 0 Å². The van der Waals surface area contributed by atoms with Crippen LogP contribution in [0.1, 0.15) is 42.0 Å². The maximum absolute atomic E-state index is 12.5. The van der Waals surface area contributed by atoms with Crippen molar-refractivity contribution in [1.29, 1.82) is 0 Å². The van der Waals surface area contributed by atoms with Gasteiger partial charge in [0, 0.05) is 25.8 Å². The molecule has 2 atom stereocenters. The first-order valence-electron chi connectivity index (χ1n) is 7.15. The highest BCUT2D eigenvalue weighted by Crippen LogP contribution is 2.22. The van der Waals surface area contributed by atoms with Crippen molar-refractivity contribution in [2.45, 2.75) is 34.1 Å². The van der Waals surface area contributed by atoms with E-state index in [-0.39, 0.29) is 5.91 Å². The third kappa shape index (κ3) is 2.62. The van der Waals surface area contributed by atoms with E-state index in [1.54, 1.807) is 23.6 Å². The van der Waals surface area contributed by atoms with Gasteiger partial charge in [-0.3, -0.25) is 14.3 Å². The average molecular weight is 277 g/mol. The molecule has 1 aliphatic heterocycles. The van der Waals surface area contributed by atoms with Gasteiger partial charge in [-0.25, -0.2) is 0 Å². The number of nitrogens with zero attached hydrogens (tertiary/aromatic N) is 3. The van der Waals surface area contributed by atoms with Crippen LogP contribution in [0.25, 0.3) is 0 Å². The van der Waals surface area contributed by atoms with Crippen molar-refractivity contribution in [3.63, 3.8) is 0 Å². The zero-order valence-electron chi connectivity index (χ0n) is 12.9. The van der Waals surface area contributed by atoms with Gasteiger partial charge in [-0.1, -0.05) is 13.8 Å². The van der Waals surface area contributed by atoms with Gasteiger partial charge in [-0.05, 0) is 32.1 Å². The molecule has 1 amide bonds. The molecule has 1 saturated heterocycles. The van der Waals surface area contributed by atoms with Crippen LogP contribution in [-0.4, -0.2) is 39.5 Å². The fraction of sp³-hybridized carbons (Fsp3) is 0.667. The monoisotopic (exact) mass is 277 g/mol. The van der Waals surface area contributed by atoms with Crippen LogP contribution in [0.4, 0.5) is 0 Å². The van der Waals surface area contributed by atoms with Gasteiger partial charge in [0.2, 0.25) is 0 Å². The molecule has 0 bridgehead atoms. The Morgan fingerprint density at radius 2 is 1.70 bits per heavy atom. The number of aromatic nitrogens is 2. The van der Waals surface area contributed by atoms with Crippen LogP contribution in [0, 0.1) is 25.7 Å². The molecule has 0 saturated carbocycles. The molecule has 5 heteroatoms. The third-order valence-corrected chi connectivity index (χ3v) is 4.09. The molecule has 2 rings (SSSR count). The lowest BCUT2D eigenvalue weighted by atomic mass is 9.91. The van der Waals surface area contributed by atoms with Gasteiger partial charge >= 0.3 is 0 Å². The molecule has 1 aliphatic rings. The molecule has 1 fully saturated rings. The SMILES string of the molecule is Cc1nn(C)c(C)c1C(=O)C(=O)N1C[C@H](C)C[C@@H](C)C1. The molecule has 20 heavy (non-hydrogen) atoms. The summed E-state index contributed by atoms with van der Waals surface area (Å²) in [5, 5.41) is 4.21. The van der Waals surface area contributed by atoms with Crippen molar-refractivity contribution in [2.75, 3.05) is 13.1 Å². The van der Waals surface area contributed by atoms with Crippen molar-refractivity contribution in [2.24, 2.45) is 18.9 Å². The average Bonchev–Trinajstić information content (AvgIpc) is 2.60. The molecule has 0 aromatic carbocycles. The summed E-state index contributed by atoms with van der Waals surface area (Å²) in [6, 6.07) is 0. The van der Waals surface area contributed by atoms with Gasteiger partial charge < -0.3 is 4.90 Å². The standard InChI is InChI=1S/C15H23N3O2/c1-9-6-10(2)8-18(7-9)15(20)14(19)13-11(3)16-17(5)12(13)4/h9-10H,6-8H2,1-5H3/t9-,10-/m1/s1. The van der Waals surface area contributed by atoms with Crippen LogP contribution in [0.15, 0.2) is 0 Å². The Balaban J connectivity index is 2.22. The first-order valence-corrected chi connectivity index (χ1v) is 7.15. The lowest BCUT2D eigenvalue weighted by Gasteiger charge is -2.34. The number of ketones is 1. The fourth-order valence-electron chi connectivity index (χ4n) is 3.18. The number of hydrogen-bond donors (Lipinski definition) is 0. The number of amides is 1. The normalized spacial score (nSPS) is 22.9. The second-order valence-electron chi connectivity index (χ2n) is 6.15. The summed E-state index contributed by atoms with van der Waals surface area (Å²) in [5.74, 6) is 0.0928. The van der Waals surface area contributed by atoms with Crippen LogP contribution in [0.2, 0.25) is 0 Å².